The first-order chi connectivity index (χ1) is 8.29. The predicted molar refractivity (Wildman–Crippen MR) is 70.5 cm³/mol. The number of carbonyl (C=O) groups is 1. The Morgan fingerprint density at radius 3 is 2.72 bits per heavy atom. The number of primary sulfonamides is 1. The fourth-order valence-corrected chi connectivity index (χ4v) is 3.09. The average Bonchev–Trinajstić information content (AvgIpc) is 2.60. The van der Waals surface area contributed by atoms with Crippen LogP contribution in [0, 0.1) is 6.92 Å². The first-order valence-corrected chi connectivity index (χ1v) is 7.63. The summed E-state index contributed by atoms with van der Waals surface area (Å²) in [7, 11) is -3.70. The van der Waals surface area contributed by atoms with Crippen LogP contribution in [0.1, 0.15) is 12.0 Å². The lowest BCUT2D eigenvalue weighted by Crippen LogP contribution is -2.32. The van der Waals surface area contributed by atoms with E-state index in [9.17, 15) is 13.2 Å². The van der Waals surface area contributed by atoms with Crippen LogP contribution in [0.2, 0.25) is 0 Å². The third-order valence-electron chi connectivity index (χ3n) is 2.83. The number of pyridine rings is 1. The molecule has 2 heterocycles. The van der Waals surface area contributed by atoms with E-state index in [0.717, 1.165) is 10.0 Å². The molecule has 1 unspecified atom stereocenters. The first-order valence-electron chi connectivity index (χ1n) is 5.23. The molecule has 0 spiro atoms. The third kappa shape index (κ3) is 2.55. The van der Waals surface area contributed by atoms with Gasteiger partial charge in [0.15, 0.2) is 0 Å². The normalized spacial score (nSPS) is 20.5. The van der Waals surface area contributed by atoms with E-state index in [1.807, 2.05) is 13.0 Å². The molecule has 8 heteroatoms. The van der Waals surface area contributed by atoms with Crippen LogP contribution in [0.5, 0.6) is 0 Å². The Balaban J connectivity index is 2.33. The van der Waals surface area contributed by atoms with Crippen LogP contribution in [-0.2, 0) is 14.8 Å². The molecule has 0 saturated carbocycles. The van der Waals surface area contributed by atoms with Crippen LogP contribution in [0.3, 0.4) is 0 Å². The molecule has 98 valence electrons. The Labute approximate surface area is 113 Å². The second-order valence-corrected chi connectivity index (χ2v) is 6.97. The molecule has 1 aliphatic rings. The number of carbonyl (C=O) groups excluding carboxylic acids is 1. The van der Waals surface area contributed by atoms with Crippen LogP contribution >= 0.6 is 15.9 Å². The van der Waals surface area contributed by atoms with Crippen molar-refractivity contribution < 1.29 is 13.2 Å². The topological polar surface area (TPSA) is 93.4 Å². The van der Waals surface area contributed by atoms with Gasteiger partial charge in [-0.05, 0) is 34.5 Å². The van der Waals surface area contributed by atoms with Gasteiger partial charge in [-0.25, -0.2) is 18.5 Å². The number of aromatic nitrogens is 1. The van der Waals surface area contributed by atoms with Gasteiger partial charge in [0.05, 0.1) is 0 Å². The number of hydrogen-bond donors (Lipinski definition) is 1. The number of amides is 1. The average molecular weight is 334 g/mol. The maximum Gasteiger partial charge on any atom is 0.229 e. The molecule has 1 saturated heterocycles. The van der Waals surface area contributed by atoms with E-state index in [1.165, 1.54) is 4.90 Å². The third-order valence-corrected chi connectivity index (χ3v) is 4.51. The van der Waals surface area contributed by atoms with E-state index in [0.29, 0.717) is 5.82 Å². The molecule has 2 N–H and O–H groups in total. The van der Waals surface area contributed by atoms with Crippen molar-refractivity contribution in [2.75, 3.05) is 11.4 Å². The molecule has 18 heavy (non-hydrogen) atoms. The number of sulfonamides is 1. The van der Waals surface area contributed by atoms with Crippen molar-refractivity contribution in [3.63, 3.8) is 0 Å². The zero-order valence-electron chi connectivity index (χ0n) is 9.63. The van der Waals surface area contributed by atoms with E-state index in [-0.39, 0.29) is 18.9 Å². The molecule has 1 fully saturated rings. The molecule has 0 aliphatic carbocycles. The van der Waals surface area contributed by atoms with Crippen LogP contribution < -0.4 is 10.0 Å². The summed E-state index contributed by atoms with van der Waals surface area (Å²) in [6.07, 6.45) is 1.48. The highest BCUT2D eigenvalue weighted by Gasteiger charge is 2.38. The molecule has 2 rings (SSSR count). The molecular formula is C10H12BrN3O3S. The molecule has 6 nitrogen and oxygen atoms in total. The lowest BCUT2D eigenvalue weighted by molar-refractivity contribution is -0.117. The molecule has 0 bridgehead atoms. The van der Waals surface area contributed by atoms with Crippen molar-refractivity contribution in [2.45, 2.75) is 18.6 Å². The van der Waals surface area contributed by atoms with Crippen LogP contribution in [-0.4, -0.2) is 31.1 Å². The fraction of sp³-hybridized carbons (Fsp3) is 0.400. The lowest BCUT2D eigenvalue weighted by Gasteiger charge is -2.17. The fourth-order valence-electron chi connectivity index (χ4n) is 1.92. The summed E-state index contributed by atoms with van der Waals surface area (Å²) in [6, 6.07) is 1.82. The van der Waals surface area contributed by atoms with Crippen molar-refractivity contribution in [3.05, 3.63) is 22.3 Å². The van der Waals surface area contributed by atoms with Gasteiger partial charge in [0.2, 0.25) is 15.9 Å². The Morgan fingerprint density at radius 1 is 1.56 bits per heavy atom. The summed E-state index contributed by atoms with van der Waals surface area (Å²) in [5.41, 5.74) is 0.799. The first kappa shape index (κ1) is 13.4. The zero-order valence-corrected chi connectivity index (χ0v) is 12.0. The summed E-state index contributed by atoms with van der Waals surface area (Å²) in [4.78, 5) is 17.3. The number of aryl methyl sites for hydroxylation is 1. The van der Waals surface area contributed by atoms with Gasteiger partial charge in [0.1, 0.15) is 11.1 Å². The molecule has 1 amide bonds. The number of halogens is 1. The zero-order chi connectivity index (χ0) is 13.5. The van der Waals surface area contributed by atoms with Gasteiger partial charge in [-0.2, -0.15) is 0 Å². The number of nitrogens with zero attached hydrogens (tertiary/aromatic N) is 2. The number of hydrogen-bond acceptors (Lipinski definition) is 4. The molecule has 1 aromatic heterocycles. The minimum absolute atomic E-state index is 0.0626. The summed E-state index contributed by atoms with van der Waals surface area (Å²) in [5.74, 6) is 0.210. The summed E-state index contributed by atoms with van der Waals surface area (Å²) in [5, 5.41) is 4.22. The lowest BCUT2D eigenvalue weighted by atomic mass is 10.3. The largest absolute Gasteiger partial charge is 0.295 e. The monoisotopic (exact) mass is 333 g/mol. The summed E-state index contributed by atoms with van der Waals surface area (Å²) < 4.78 is 23.3. The van der Waals surface area contributed by atoms with Gasteiger partial charge < -0.3 is 0 Å². The highest BCUT2D eigenvalue weighted by molar-refractivity contribution is 9.10. The van der Waals surface area contributed by atoms with Gasteiger partial charge in [0, 0.05) is 23.6 Å². The molecule has 1 aromatic rings. The molecular weight excluding hydrogens is 322 g/mol. The quantitative estimate of drug-likeness (QED) is 0.854. The van der Waals surface area contributed by atoms with Crippen molar-refractivity contribution in [3.8, 4) is 0 Å². The minimum Gasteiger partial charge on any atom is -0.295 e. The van der Waals surface area contributed by atoms with Gasteiger partial charge in [-0.15, -0.1) is 0 Å². The Hall–Kier alpha value is -0.990. The Bertz CT molecular complexity index is 602. The van der Waals surface area contributed by atoms with Crippen LogP contribution in [0.25, 0.3) is 0 Å². The number of rotatable bonds is 2. The number of anilines is 1. The summed E-state index contributed by atoms with van der Waals surface area (Å²) >= 11 is 3.28. The van der Waals surface area contributed by atoms with Gasteiger partial charge >= 0.3 is 0 Å². The van der Waals surface area contributed by atoms with Crippen molar-refractivity contribution in [2.24, 2.45) is 5.14 Å². The van der Waals surface area contributed by atoms with E-state index >= 15 is 0 Å². The van der Waals surface area contributed by atoms with E-state index < -0.39 is 15.3 Å². The van der Waals surface area contributed by atoms with Crippen molar-refractivity contribution >= 4 is 37.7 Å². The van der Waals surface area contributed by atoms with E-state index in [1.54, 1.807) is 6.20 Å². The van der Waals surface area contributed by atoms with Gasteiger partial charge in [-0.3, -0.25) is 9.69 Å². The highest BCUT2D eigenvalue weighted by atomic mass is 79.9. The maximum absolute atomic E-state index is 11.8. The van der Waals surface area contributed by atoms with Crippen LogP contribution in [0.4, 0.5) is 5.82 Å². The van der Waals surface area contributed by atoms with Crippen molar-refractivity contribution in [1.29, 1.82) is 0 Å². The van der Waals surface area contributed by atoms with Crippen molar-refractivity contribution in [1.82, 2.24) is 4.98 Å². The maximum atomic E-state index is 11.8. The molecule has 1 aliphatic heterocycles. The number of nitrogens with two attached hydrogens (primary N) is 1. The van der Waals surface area contributed by atoms with Gasteiger partial charge in [0.25, 0.3) is 0 Å². The minimum atomic E-state index is -3.70. The van der Waals surface area contributed by atoms with Crippen LogP contribution in [0.15, 0.2) is 16.7 Å². The second-order valence-electron chi connectivity index (χ2n) is 4.21. The second kappa shape index (κ2) is 4.60. The smallest absolute Gasteiger partial charge is 0.229 e. The SMILES string of the molecule is Cc1cc(Br)cnc1N1CC(S(N)(=O)=O)CC1=O. The van der Waals surface area contributed by atoms with Gasteiger partial charge in [-0.1, -0.05) is 0 Å². The molecule has 0 radical (unpaired) electrons. The molecule has 1 atom stereocenters. The Kier molecular flexibility index (Phi) is 3.43. The standard InChI is InChI=1S/C10H12BrN3O3S/c1-6-2-7(11)4-13-10(6)14-5-8(3-9(14)15)18(12,16)17/h2,4,8H,3,5H2,1H3,(H2,12,16,17). The molecule has 0 aromatic carbocycles. The van der Waals surface area contributed by atoms with E-state index in [4.69, 9.17) is 5.14 Å². The Morgan fingerprint density at radius 2 is 2.22 bits per heavy atom. The predicted octanol–water partition coefficient (Wildman–Crippen LogP) is 0.546. The highest BCUT2D eigenvalue weighted by Crippen LogP contribution is 2.26. The van der Waals surface area contributed by atoms with E-state index in [2.05, 4.69) is 20.9 Å². The summed E-state index contributed by atoms with van der Waals surface area (Å²) in [6.45, 7) is 1.87.